The molecule has 1 N–H and O–H groups in total. The number of halogens is 1. The maximum Gasteiger partial charge on any atom is 0.193 e. The number of fused-ring (bicyclic) bond motifs is 1. The van der Waals surface area contributed by atoms with Crippen molar-refractivity contribution in [2.24, 2.45) is 4.99 Å². The van der Waals surface area contributed by atoms with Gasteiger partial charge in [0.1, 0.15) is 5.82 Å². The average molecular weight is 510 g/mol. The summed E-state index contributed by atoms with van der Waals surface area (Å²) in [5, 5.41) is 4.75. The molecule has 1 atom stereocenters. The predicted octanol–water partition coefficient (Wildman–Crippen LogP) is 3.41. The van der Waals surface area contributed by atoms with Crippen molar-refractivity contribution in [2.75, 3.05) is 52.7 Å². The van der Waals surface area contributed by atoms with Gasteiger partial charge >= 0.3 is 0 Å². The van der Waals surface area contributed by atoms with Crippen LogP contribution in [-0.2, 0) is 6.54 Å². The maximum absolute atomic E-state index is 4.76. The second kappa shape index (κ2) is 11.0. The predicted molar refractivity (Wildman–Crippen MR) is 135 cm³/mol. The SMILES string of the molecule is CCN1CCCC1CN(C)C(=NC)NCc1cc(N(C)C)nc2ccccc12.I. The zero-order valence-corrected chi connectivity index (χ0v) is 20.7. The van der Waals surface area contributed by atoms with E-state index in [1.165, 1.54) is 30.3 Å². The largest absolute Gasteiger partial charge is 0.363 e. The number of likely N-dealkylation sites (tertiary alicyclic amines) is 1. The van der Waals surface area contributed by atoms with Crippen molar-refractivity contribution in [3.8, 4) is 0 Å². The molecule has 160 valence electrons. The highest BCUT2D eigenvalue weighted by atomic mass is 127. The van der Waals surface area contributed by atoms with Crippen LogP contribution in [0.15, 0.2) is 35.3 Å². The minimum Gasteiger partial charge on any atom is -0.363 e. The van der Waals surface area contributed by atoms with Crippen molar-refractivity contribution in [3.63, 3.8) is 0 Å². The fourth-order valence-electron chi connectivity index (χ4n) is 4.09. The molecule has 0 bridgehead atoms. The summed E-state index contributed by atoms with van der Waals surface area (Å²) in [7, 11) is 8.06. The van der Waals surface area contributed by atoms with Crippen LogP contribution in [-0.4, -0.2) is 74.6 Å². The van der Waals surface area contributed by atoms with Crippen molar-refractivity contribution in [2.45, 2.75) is 32.4 Å². The van der Waals surface area contributed by atoms with E-state index in [0.29, 0.717) is 6.04 Å². The number of para-hydroxylation sites is 1. The number of aromatic nitrogens is 1. The number of likely N-dealkylation sites (N-methyl/N-ethyl adjacent to an activating group) is 2. The van der Waals surface area contributed by atoms with Crippen LogP contribution in [0, 0.1) is 0 Å². The third-order valence-corrected chi connectivity index (χ3v) is 5.65. The Morgan fingerprint density at radius 2 is 2.03 bits per heavy atom. The van der Waals surface area contributed by atoms with Crippen molar-refractivity contribution in [1.29, 1.82) is 0 Å². The molecule has 3 rings (SSSR count). The van der Waals surface area contributed by atoms with Gasteiger partial charge in [0.25, 0.3) is 0 Å². The van der Waals surface area contributed by atoms with Gasteiger partial charge in [-0.05, 0) is 43.6 Å². The lowest BCUT2D eigenvalue weighted by Gasteiger charge is -2.30. The number of anilines is 1. The standard InChI is InChI=1S/C22H34N6.HI/c1-6-28-13-9-10-18(28)16-27(5)22(23-2)24-15-17-14-21(26(3)4)25-20-12-8-7-11-19(17)20;/h7-8,11-12,14,18H,6,9-10,13,15-16H2,1-5H3,(H,23,24);1H. The molecule has 7 heteroatoms. The number of nitrogens with one attached hydrogen (secondary N) is 1. The van der Waals surface area contributed by atoms with Crippen LogP contribution in [0.25, 0.3) is 10.9 Å². The third kappa shape index (κ3) is 5.72. The van der Waals surface area contributed by atoms with Gasteiger partial charge in [0.15, 0.2) is 5.96 Å². The van der Waals surface area contributed by atoms with E-state index in [1.54, 1.807) is 0 Å². The first-order valence-corrected chi connectivity index (χ1v) is 10.2. The summed E-state index contributed by atoms with van der Waals surface area (Å²) in [6, 6.07) is 11.1. The Labute approximate surface area is 192 Å². The molecule has 1 unspecified atom stereocenters. The Hall–Kier alpha value is -1.61. The van der Waals surface area contributed by atoms with Crippen LogP contribution in [0.4, 0.5) is 5.82 Å². The molecular formula is C22H35IN6. The lowest BCUT2D eigenvalue weighted by Crippen LogP contribution is -2.45. The zero-order chi connectivity index (χ0) is 20.1. The minimum absolute atomic E-state index is 0. The lowest BCUT2D eigenvalue weighted by atomic mass is 10.1. The highest BCUT2D eigenvalue weighted by Crippen LogP contribution is 2.22. The van der Waals surface area contributed by atoms with E-state index in [0.717, 1.165) is 36.9 Å². The zero-order valence-electron chi connectivity index (χ0n) is 18.4. The number of hydrogen-bond donors (Lipinski definition) is 1. The Morgan fingerprint density at radius 1 is 1.28 bits per heavy atom. The minimum atomic E-state index is 0. The summed E-state index contributed by atoms with van der Waals surface area (Å²) in [5.74, 6) is 1.92. The Bertz CT molecular complexity index is 822. The van der Waals surface area contributed by atoms with Gasteiger partial charge in [0.2, 0.25) is 0 Å². The summed E-state index contributed by atoms with van der Waals surface area (Å²) in [6.07, 6.45) is 2.57. The highest BCUT2D eigenvalue weighted by Gasteiger charge is 2.25. The molecule has 29 heavy (non-hydrogen) atoms. The summed E-state index contributed by atoms with van der Waals surface area (Å²) in [5.41, 5.74) is 2.26. The van der Waals surface area contributed by atoms with Crippen LogP contribution in [0.2, 0.25) is 0 Å². The van der Waals surface area contributed by atoms with Gasteiger partial charge in [-0.1, -0.05) is 25.1 Å². The molecule has 2 aromatic rings. The fourth-order valence-corrected chi connectivity index (χ4v) is 4.09. The van der Waals surface area contributed by atoms with E-state index in [2.05, 4.69) is 63.2 Å². The number of pyridine rings is 1. The Morgan fingerprint density at radius 3 is 2.72 bits per heavy atom. The van der Waals surface area contributed by atoms with E-state index < -0.39 is 0 Å². The first-order valence-electron chi connectivity index (χ1n) is 10.2. The van der Waals surface area contributed by atoms with Crippen LogP contribution in [0.5, 0.6) is 0 Å². The summed E-state index contributed by atoms with van der Waals surface area (Å²) in [4.78, 5) is 16.2. The number of hydrogen-bond acceptors (Lipinski definition) is 4. The van der Waals surface area contributed by atoms with Gasteiger partial charge in [0, 0.05) is 52.7 Å². The number of benzene rings is 1. The molecule has 2 heterocycles. The quantitative estimate of drug-likeness (QED) is 0.367. The second-order valence-corrected chi connectivity index (χ2v) is 7.76. The van der Waals surface area contributed by atoms with Crippen LogP contribution in [0.3, 0.4) is 0 Å². The number of rotatable bonds is 6. The Kier molecular flexibility index (Phi) is 8.95. The van der Waals surface area contributed by atoms with Crippen molar-refractivity contribution in [3.05, 3.63) is 35.9 Å². The van der Waals surface area contributed by atoms with Gasteiger partial charge in [-0.25, -0.2) is 4.98 Å². The molecule has 1 fully saturated rings. The van der Waals surface area contributed by atoms with Gasteiger partial charge in [-0.3, -0.25) is 9.89 Å². The Balaban J connectivity index is 0.00000300. The van der Waals surface area contributed by atoms with Gasteiger partial charge in [-0.2, -0.15) is 0 Å². The first kappa shape index (κ1) is 23.7. The molecule has 0 amide bonds. The smallest absolute Gasteiger partial charge is 0.193 e. The molecule has 1 aliphatic rings. The van der Waals surface area contributed by atoms with Crippen molar-refractivity contribution >= 4 is 46.7 Å². The fraction of sp³-hybridized carbons (Fsp3) is 0.545. The van der Waals surface area contributed by atoms with E-state index in [1.807, 2.05) is 27.2 Å². The maximum atomic E-state index is 4.76. The first-order chi connectivity index (χ1) is 13.5. The summed E-state index contributed by atoms with van der Waals surface area (Å²) >= 11 is 0. The van der Waals surface area contributed by atoms with E-state index in [4.69, 9.17) is 4.98 Å². The molecule has 1 aliphatic heterocycles. The molecule has 1 saturated heterocycles. The molecule has 0 spiro atoms. The van der Waals surface area contributed by atoms with E-state index in [9.17, 15) is 0 Å². The van der Waals surface area contributed by atoms with Crippen LogP contribution >= 0.6 is 24.0 Å². The van der Waals surface area contributed by atoms with Gasteiger partial charge in [0.05, 0.1) is 5.52 Å². The summed E-state index contributed by atoms with van der Waals surface area (Å²) < 4.78 is 0. The molecule has 0 radical (unpaired) electrons. The van der Waals surface area contributed by atoms with Crippen LogP contribution in [0.1, 0.15) is 25.3 Å². The van der Waals surface area contributed by atoms with E-state index >= 15 is 0 Å². The summed E-state index contributed by atoms with van der Waals surface area (Å²) in [6.45, 7) is 6.33. The van der Waals surface area contributed by atoms with Gasteiger partial charge in [-0.15, -0.1) is 24.0 Å². The molecule has 1 aromatic heterocycles. The number of aliphatic imine (C=N–C) groups is 1. The molecule has 6 nitrogen and oxygen atoms in total. The molecular weight excluding hydrogens is 475 g/mol. The number of guanidine groups is 1. The normalized spacial score (nSPS) is 17.3. The average Bonchev–Trinajstić information content (AvgIpc) is 3.15. The van der Waals surface area contributed by atoms with E-state index in [-0.39, 0.29) is 24.0 Å². The second-order valence-electron chi connectivity index (χ2n) is 7.76. The van der Waals surface area contributed by atoms with Crippen LogP contribution < -0.4 is 10.2 Å². The van der Waals surface area contributed by atoms with Gasteiger partial charge < -0.3 is 15.1 Å². The van der Waals surface area contributed by atoms with Crippen molar-refractivity contribution in [1.82, 2.24) is 20.1 Å². The molecule has 0 saturated carbocycles. The monoisotopic (exact) mass is 510 g/mol. The lowest BCUT2D eigenvalue weighted by molar-refractivity contribution is 0.232. The molecule has 1 aromatic carbocycles. The van der Waals surface area contributed by atoms with Crippen molar-refractivity contribution < 1.29 is 0 Å². The highest BCUT2D eigenvalue weighted by molar-refractivity contribution is 14.0. The number of nitrogens with zero attached hydrogens (tertiary/aromatic N) is 5. The molecule has 0 aliphatic carbocycles. The topological polar surface area (TPSA) is 47.0 Å². The third-order valence-electron chi connectivity index (χ3n) is 5.65.